The number of para-hydroxylation sites is 1. The van der Waals surface area contributed by atoms with Crippen molar-refractivity contribution in [2.45, 2.75) is 69.7 Å². The number of rotatable bonds is 6. The van der Waals surface area contributed by atoms with E-state index >= 15 is 0 Å². The van der Waals surface area contributed by atoms with Crippen LogP contribution in [0, 0.1) is 5.92 Å². The fraction of sp³-hybridized carbons (Fsp3) is 0.481. The number of allylic oxidation sites excluding steroid dienone is 1. The quantitative estimate of drug-likeness (QED) is 0.297. The Balaban J connectivity index is 1.13. The van der Waals surface area contributed by atoms with Crippen LogP contribution < -0.4 is 0 Å². The molecule has 2 aliphatic heterocycles. The fourth-order valence-electron chi connectivity index (χ4n) is 5.26. The summed E-state index contributed by atoms with van der Waals surface area (Å²) < 4.78 is 17.2. The standard InChI is InChI=1S/C27H31NO5/c1-17-20-13-12-18(7-6-14-27(2)25(33-27)24(20)32-26(17)30)16-31-23(29)11-5-8-19-15-28-22-10-4-3-9-21(19)22/h3-4,7,9-10,15,20,24-25,28H,1,5-6,8,11-14,16H2,2H3/b18-7+/t20-,24-,25+,27+/m0/s1. The SMILES string of the molecule is C=C1C(=O)O[C@@H]2[C@H]3O[C@]3(C)CC/C=C(/COC(=O)CCCc3c[nH]c4ccccc34)CC[C@@H]12. The molecule has 0 spiro atoms. The lowest BCUT2D eigenvalue weighted by atomic mass is 9.84. The second-order valence-electron chi connectivity index (χ2n) is 9.67. The smallest absolute Gasteiger partial charge is 0.334 e. The molecule has 2 fully saturated rings. The average Bonchev–Trinajstić information content (AvgIpc) is 3.16. The first-order valence-corrected chi connectivity index (χ1v) is 11.9. The summed E-state index contributed by atoms with van der Waals surface area (Å²) in [6.45, 7) is 6.33. The van der Waals surface area contributed by atoms with E-state index in [9.17, 15) is 9.59 Å². The summed E-state index contributed by atoms with van der Waals surface area (Å²) in [6, 6.07) is 8.20. The molecule has 33 heavy (non-hydrogen) atoms. The lowest BCUT2D eigenvalue weighted by molar-refractivity contribution is -0.143. The van der Waals surface area contributed by atoms with E-state index in [4.69, 9.17) is 14.2 Å². The van der Waals surface area contributed by atoms with Crippen LogP contribution in [0.1, 0.15) is 51.0 Å². The molecule has 0 unspecified atom stereocenters. The molecule has 0 bridgehead atoms. The van der Waals surface area contributed by atoms with Gasteiger partial charge in [-0.25, -0.2) is 4.79 Å². The summed E-state index contributed by atoms with van der Waals surface area (Å²) in [7, 11) is 0. The van der Waals surface area contributed by atoms with Crippen LogP contribution in [0.3, 0.4) is 0 Å². The number of aromatic nitrogens is 1. The first-order valence-electron chi connectivity index (χ1n) is 11.9. The van der Waals surface area contributed by atoms with Crippen molar-refractivity contribution < 1.29 is 23.8 Å². The van der Waals surface area contributed by atoms with Gasteiger partial charge in [0.15, 0.2) is 0 Å². The van der Waals surface area contributed by atoms with Crippen LogP contribution in [0.15, 0.2) is 54.3 Å². The van der Waals surface area contributed by atoms with Gasteiger partial charge in [-0.15, -0.1) is 0 Å². The third-order valence-corrected chi connectivity index (χ3v) is 7.36. The summed E-state index contributed by atoms with van der Waals surface area (Å²) in [4.78, 5) is 27.8. The van der Waals surface area contributed by atoms with E-state index in [-0.39, 0.29) is 35.7 Å². The van der Waals surface area contributed by atoms with Gasteiger partial charge >= 0.3 is 11.9 Å². The number of nitrogens with one attached hydrogen (secondary N) is 1. The predicted molar refractivity (Wildman–Crippen MR) is 125 cm³/mol. The molecule has 5 rings (SSSR count). The lowest BCUT2D eigenvalue weighted by Gasteiger charge is -2.20. The molecule has 1 aromatic carbocycles. The fourth-order valence-corrected chi connectivity index (χ4v) is 5.26. The van der Waals surface area contributed by atoms with E-state index in [1.165, 1.54) is 10.9 Å². The maximum atomic E-state index is 12.4. The number of aromatic amines is 1. The molecule has 6 nitrogen and oxygen atoms in total. The van der Waals surface area contributed by atoms with Crippen LogP contribution >= 0.6 is 0 Å². The second kappa shape index (κ2) is 8.82. The van der Waals surface area contributed by atoms with E-state index in [1.54, 1.807) is 0 Å². The van der Waals surface area contributed by atoms with Crippen LogP contribution in [0.5, 0.6) is 0 Å². The van der Waals surface area contributed by atoms with Crippen molar-refractivity contribution in [3.05, 3.63) is 59.8 Å². The van der Waals surface area contributed by atoms with Gasteiger partial charge in [0.05, 0.1) is 5.60 Å². The predicted octanol–water partition coefficient (Wildman–Crippen LogP) is 4.79. The van der Waals surface area contributed by atoms with E-state index < -0.39 is 0 Å². The molecule has 0 radical (unpaired) electrons. The molecule has 0 saturated carbocycles. The molecule has 1 aromatic heterocycles. The molecule has 6 heteroatoms. The highest BCUT2D eigenvalue weighted by molar-refractivity contribution is 5.91. The molecule has 3 heterocycles. The zero-order chi connectivity index (χ0) is 23.0. The number of hydrogen-bond acceptors (Lipinski definition) is 5. The Kier molecular flexibility index (Phi) is 5.87. The van der Waals surface area contributed by atoms with Crippen LogP contribution in [-0.2, 0) is 30.2 Å². The summed E-state index contributed by atoms with van der Waals surface area (Å²) in [6.07, 6.45) is 9.08. The highest BCUT2D eigenvalue weighted by Crippen LogP contribution is 2.49. The van der Waals surface area contributed by atoms with Crippen molar-refractivity contribution in [2.75, 3.05) is 6.61 Å². The van der Waals surface area contributed by atoms with Crippen LogP contribution in [0.2, 0.25) is 0 Å². The normalized spacial score (nSPS) is 30.7. The van der Waals surface area contributed by atoms with Gasteiger partial charge in [-0.05, 0) is 62.7 Å². The molecular weight excluding hydrogens is 418 g/mol. The second-order valence-corrected chi connectivity index (χ2v) is 9.67. The minimum atomic E-state index is -0.311. The summed E-state index contributed by atoms with van der Waals surface area (Å²) in [5, 5.41) is 1.21. The number of H-pyrrole nitrogens is 1. The number of epoxide rings is 1. The number of fused-ring (bicyclic) bond motifs is 4. The minimum absolute atomic E-state index is 0.0438. The topological polar surface area (TPSA) is 80.9 Å². The van der Waals surface area contributed by atoms with Gasteiger partial charge in [0.25, 0.3) is 0 Å². The first kappa shape index (κ1) is 22.0. The van der Waals surface area contributed by atoms with E-state index in [2.05, 4.69) is 36.7 Å². The number of carbonyl (C=O) groups is 2. The van der Waals surface area contributed by atoms with Crippen LogP contribution in [0.4, 0.5) is 0 Å². The first-order chi connectivity index (χ1) is 15.9. The molecule has 1 N–H and O–H groups in total. The van der Waals surface area contributed by atoms with E-state index in [1.807, 2.05) is 18.3 Å². The van der Waals surface area contributed by atoms with Crippen molar-refractivity contribution in [3.63, 3.8) is 0 Å². The van der Waals surface area contributed by atoms with Crippen molar-refractivity contribution in [3.8, 4) is 0 Å². The van der Waals surface area contributed by atoms with Crippen molar-refractivity contribution in [2.24, 2.45) is 5.92 Å². The summed E-state index contributed by atoms with van der Waals surface area (Å²) in [5.41, 5.74) is 3.71. The molecule has 174 valence electrons. The molecule has 0 amide bonds. The average molecular weight is 450 g/mol. The number of esters is 2. The molecule has 2 saturated heterocycles. The highest BCUT2D eigenvalue weighted by atomic mass is 16.6. The number of aryl methyl sites for hydroxylation is 1. The van der Waals surface area contributed by atoms with Gasteiger partial charge in [0, 0.05) is 35.0 Å². The number of hydrogen-bond donors (Lipinski definition) is 1. The Morgan fingerprint density at radius 2 is 2.18 bits per heavy atom. The molecule has 2 aromatic rings. The Bertz CT molecular complexity index is 1110. The Labute approximate surface area is 194 Å². The zero-order valence-electron chi connectivity index (χ0n) is 19.1. The van der Waals surface area contributed by atoms with E-state index in [0.29, 0.717) is 18.6 Å². The van der Waals surface area contributed by atoms with Gasteiger partial charge in [0.2, 0.25) is 0 Å². The largest absolute Gasteiger partial charge is 0.461 e. The number of carbonyl (C=O) groups excluding carboxylic acids is 2. The van der Waals surface area contributed by atoms with Gasteiger partial charge in [-0.1, -0.05) is 30.9 Å². The van der Waals surface area contributed by atoms with Crippen molar-refractivity contribution in [1.82, 2.24) is 4.98 Å². The molecule has 1 aliphatic carbocycles. The monoisotopic (exact) mass is 449 g/mol. The number of benzene rings is 1. The Morgan fingerprint density at radius 3 is 3.06 bits per heavy atom. The summed E-state index contributed by atoms with van der Waals surface area (Å²) in [5.74, 6) is -0.529. The van der Waals surface area contributed by atoms with Gasteiger partial charge in [0.1, 0.15) is 18.8 Å². The summed E-state index contributed by atoms with van der Waals surface area (Å²) >= 11 is 0. The van der Waals surface area contributed by atoms with Gasteiger partial charge in [-0.2, -0.15) is 0 Å². The third kappa shape index (κ3) is 4.49. The highest BCUT2D eigenvalue weighted by Gasteiger charge is 2.61. The minimum Gasteiger partial charge on any atom is -0.461 e. The van der Waals surface area contributed by atoms with Crippen molar-refractivity contribution in [1.29, 1.82) is 0 Å². The Hall–Kier alpha value is -2.86. The van der Waals surface area contributed by atoms with Crippen LogP contribution in [0.25, 0.3) is 10.9 Å². The van der Waals surface area contributed by atoms with Gasteiger partial charge in [-0.3, -0.25) is 4.79 Å². The maximum absolute atomic E-state index is 12.4. The molecule has 4 atom stereocenters. The lowest BCUT2D eigenvalue weighted by Crippen LogP contribution is -2.29. The molecule has 3 aliphatic rings. The maximum Gasteiger partial charge on any atom is 0.334 e. The van der Waals surface area contributed by atoms with E-state index in [0.717, 1.165) is 49.6 Å². The van der Waals surface area contributed by atoms with Crippen molar-refractivity contribution >= 4 is 22.8 Å². The Morgan fingerprint density at radius 1 is 1.33 bits per heavy atom. The zero-order valence-corrected chi connectivity index (χ0v) is 19.1. The van der Waals surface area contributed by atoms with Gasteiger partial charge < -0.3 is 19.2 Å². The third-order valence-electron chi connectivity index (χ3n) is 7.36. The molecular formula is C27H31NO5. The number of ether oxygens (including phenoxy) is 3. The van der Waals surface area contributed by atoms with Crippen LogP contribution in [-0.4, -0.2) is 41.3 Å².